The van der Waals surface area contributed by atoms with E-state index in [0.717, 1.165) is 12.8 Å². The van der Waals surface area contributed by atoms with E-state index >= 15 is 0 Å². The molecule has 3 amide bonds. The number of nitrogens with two attached hydrogens (primary N) is 1. The van der Waals surface area contributed by atoms with Crippen LogP contribution >= 0.6 is 12.6 Å². The van der Waals surface area contributed by atoms with Gasteiger partial charge in [0.05, 0.1) is 6.54 Å². The standard InChI is InChI=1S/C15H25N3O4S/c1-14(2,3)22-13(21)18-7-5-4-6-15(18)9-17(12(15)20)10(8-23)11(16)19/h10,23H,4-9H2,1-3H3,(H2,16,19)/t10-,15?/m0/s1. The van der Waals surface area contributed by atoms with Gasteiger partial charge in [0.15, 0.2) is 0 Å². The van der Waals surface area contributed by atoms with E-state index in [2.05, 4.69) is 12.6 Å². The van der Waals surface area contributed by atoms with Crippen molar-refractivity contribution in [3.05, 3.63) is 0 Å². The number of carbonyl (C=O) groups excluding carboxylic acids is 3. The van der Waals surface area contributed by atoms with Gasteiger partial charge < -0.3 is 15.4 Å². The Balaban J connectivity index is 2.18. The second-order valence-corrected chi connectivity index (χ2v) is 7.52. The zero-order chi connectivity index (χ0) is 17.4. The van der Waals surface area contributed by atoms with E-state index in [4.69, 9.17) is 10.5 Å². The van der Waals surface area contributed by atoms with Gasteiger partial charge in [-0.25, -0.2) is 4.79 Å². The van der Waals surface area contributed by atoms with Crippen LogP contribution in [0.15, 0.2) is 0 Å². The largest absolute Gasteiger partial charge is 0.444 e. The highest BCUT2D eigenvalue weighted by atomic mass is 32.1. The summed E-state index contributed by atoms with van der Waals surface area (Å²) >= 11 is 4.09. The number of hydrogen-bond acceptors (Lipinski definition) is 5. The predicted molar refractivity (Wildman–Crippen MR) is 88.1 cm³/mol. The monoisotopic (exact) mass is 343 g/mol. The molecule has 2 fully saturated rings. The molecule has 2 atom stereocenters. The Bertz CT molecular complexity index is 519. The molecule has 130 valence electrons. The van der Waals surface area contributed by atoms with Crippen LogP contribution in [0.3, 0.4) is 0 Å². The third kappa shape index (κ3) is 3.27. The number of β-lactam (4-membered cyclic amide) rings is 1. The predicted octanol–water partition coefficient (Wildman–Crippen LogP) is 0.772. The Morgan fingerprint density at radius 1 is 1.39 bits per heavy atom. The Labute approximate surface area is 141 Å². The number of thiol groups is 1. The number of hydrogen-bond donors (Lipinski definition) is 2. The molecule has 0 bridgehead atoms. The van der Waals surface area contributed by atoms with Crippen molar-refractivity contribution < 1.29 is 19.1 Å². The number of ether oxygens (including phenoxy) is 1. The Kier molecular flexibility index (Phi) is 4.84. The summed E-state index contributed by atoms with van der Waals surface area (Å²) in [5, 5.41) is 0. The number of piperidine rings is 1. The molecule has 2 heterocycles. The lowest BCUT2D eigenvalue weighted by atomic mass is 9.78. The Morgan fingerprint density at radius 2 is 2.04 bits per heavy atom. The van der Waals surface area contributed by atoms with Crippen LogP contribution < -0.4 is 5.73 Å². The molecule has 8 heteroatoms. The summed E-state index contributed by atoms with van der Waals surface area (Å²) in [6.07, 6.45) is 1.80. The van der Waals surface area contributed by atoms with Crippen molar-refractivity contribution >= 4 is 30.5 Å². The molecule has 0 aromatic rings. The van der Waals surface area contributed by atoms with E-state index in [-0.39, 0.29) is 11.7 Å². The molecule has 2 aliphatic heterocycles. The first-order valence-corrected chi connectivity index (χ1v) is 8.47. The second kappa shape index (κ2) is 6.22. The van der Waals surface area contributed by atoms with Crippen molar-refractivity contribution in [3.8, 4) is 0 Å². The van der Waals surface area contributed by atoms with E-state index in [0.29, 0.717) is 19.5 Å². The number of amides is 3. The average molecular weight is 343 g/mol. The SMILES string of the molecule is CC(C)(C)OC(=O)N1CCCCC12CN([C@@H](CS)C(N)=O)C2=O. The lowest BCUT2D eigenvalue weighted by Crippen LogP contribution is -2.79. The Morgan fingerprint density at radius 3 is 2.52 bits per heavy atom. The molecule has 1 unspecified atom stereocenters. The number of carbonyl (C=O) groups is 3. The molecule has 0 aliphatic carbocycles. The quantitative estimate of drug-likeness (QED) is 0.585. The number of likely N-dealkylation sites (tertiary alicyclic amines) is 2. The fourth-order valence-corrected chi connectivity index (χ4v) is 3.57. The van der Waals surface area contributed by atoms with Gasteiger partial charge in [-0.15, -0.1) is 0 Å². The highest BCUT2D eigenvalue weighted by Gasteiger charge is 2.60. The summed E-state index contributed by atoms with van der Waals surface area (Å²) in [7, 11) is 0. The summed E-state index contributed by atoms with van der Waals surface area (Å²) < 4.78 is 5.44. The molecule has 2 rings (SSSR count). The van der Waals surface area contributed by atoms with Crippen molar-refractivity contribution in [1.82, 2.24) is 9.80 Å². The molecular formula is C15H25N3O4S. The lowest BCUT2D eigenvalue weighted by molar-refractivity contribution is -0.172. The maximum Gasteiger partial charge on any atom is 0.411 e. The van der Waals surface area contributed by atoms with Crippen LogP contribution in [0.25, 0.3) is 0 Å². The maximum absolute atomic E-state index is 12.8. The van der Waals surface area contributed by atoms with Gasteiger partial charge in [-0.05, 0) is 40.0 Å². The molecule has 7 nitrogen and oxygen atoms in total. The summed E-state index contributed by atoms with van der Waals surface area (Å²) in [5.74, 6) is -0.646. The maximum atomic E-state index is 12.8. The smallest absolute Gasteiger partial charge is 0.411 e. The minimum atomic E-state index is -0.892. The number of rotatable bonds is 3. The molecule has 2 aliphatic rings. The normalized spacial score (nSPS) is 26.0. The summed E-state index contributed by atoms with van der Waals surface area (Å²) in [4.78, 5) is 39.6. The van der Waals surface area contributed by atoms with E-state index in [1.54, 1.807) is 20.8 Å². The van der Waals surface area contributed by atoms with Gasteiger partial charge in [0, 0.05) is 12.3 Å². The zero-order valence-electron chi connectivity index (χ0n) is 13.9. The van der Waals surface area contributed by atoms with Crippen molar-refractivity contribution in [2.75, 3.05) is 18.8 Å². The van der Waals surface area contributed by atoms with Crippen molar-refractivity contribution in [1.29, 1.82) is 0 Å². The number of nitrogens with zero attached hydrogens (tertiary/aromatic N) is 2. The molecule has 1 spiro atoms. The highest BCUT2D eigenvalue weighted by Crippen LogP contribution is 2.39. The van der Waals surface area contributed by atoms with Gasteiger partial charge in [0.2, 0.25) is 5.91 Å². The fourth-order valence-electron chi connectivity index (χ4n) is 3.20. The van der Waals surface area contributed by atoms with Crippen LogP contribution in [-0.4, -0.2) is 63.7 Å². The van der Waals surface area contributed by atoms with Gasteiger partial charge in [0.25, 0.3) is 5.91 Å². The van der Waals surface area contributed by atoms with Crippen LogP contribution in [0, 0.1) is 0 Å². The van der Waals surface area contributed by atoms with E-state index < -0.39 is 29.2 Å². The van der Waals surface area contributed by atoms with Crippen LogP contribution in [0.4, 0.5) is 4.79 Å². The molecule has 0 aromatic heterocycles. The first-order valence-electron chi connectivity index (χ1n) is 7.84. The zero-order valence-corrected chi connectivity index (χ0v) is 14.8. The third-order valence-electron chi connectivity index (χ3n) is 4.32. The van der Waals surface area contributed by atoms with Crippen LogP contribution in [0.5, 0.6) is 0 Å². The molecular weight excluding hydrogens is 318 g/mol. The Hall–Kier alpha value is -1.44. The minimum Gasteiger partial charge on any atom is -0.444 e. The van der Waals surface area contributed by atoms with Crippen LogP contribution in [-0.2, 0) is 14.3 Å². The third-order valence-corrected chi connectivity index (χ3v) is 4.67. The molecule has 2 N–H and O–H groups in total. The summed E-state index contributed by atoms with van der Waals surface area (Å²) in [6, 6.07) is -0.737. The topological polar surface area (TPSA) is 92.9 Å². The van der Waals surface area contributed by atoms with Crippen LogP contribution in [0.2, 0.25) is 0 Å². The van der Waals surface area contributed by atoms with Gasteiger partial charge >= 0.3 is 6.09 Å². The summed E-state index contributed by atoms with van der Waals surface area (Å²) in [5.41, 5.74) is 3.81. The van der Waals surface area contributed by atoms with E-state index in [9.17, 15) is 14.4 Å². The molecule has 0 aromatic carbocycles. The van der Waals surface area contributed by atoms with Gasteiger partial charge in [-0.2, -0.15) is 12.6 Å². The van der Waals surface area contributed by atoms with Crippen molar-refractivity contribution in [3.63, 3.8) is 0 Å². The molecule has 0 radical (unpaired) electrons. The average Bonchev–Trinajstić information content (AvgIpc) is 2.45. The van der Waals surface area contributed by atoms with Crippen molar-refractivity contribution in [2.24, 2.45) is 5.73 Å². The first kappa shape index (κ1) is 17.9. The lowest BCUT2D eigenvalue weighted by Gasteiger charge is -2.57. The second-order valence-electron chi connectivity index (χ2n) is 7.15. The van der Waals surface area contributed by atoms with Gasteiger partial charge in [-0.3, -0.25) is 14.5 Å². The molecule has 23 heavy (non-hydrogen) atoms. The molecule has 0 saturated carbocycles. The number of primary amides is 1. The summed E-state index contributed by atoms with van der Waals surface area (Å²) in [6.45, 7) is 6.16. The first-order chi connectivity index (χ1) is 10.6. The van der Waals surface area contributed by atoms with Crippen molar-refractivity contribution in [2.45, 2.75) is 57.2 Å². The van der Waals surface area contributed by atoms with Gasteiger partial charge in [0.1, 0.15) is 17.2 Å². The van der Waals surface area contributed by atoms with E-state index in [1.165, 1.54) is 9.80 Å². The minimum absolute atomic E-state index is 0.170. The van der Waals surface area contributed by atoms with Crippen LogP contribution in [0.1, 0.15) is 40.0 Å². The highest BCUT2D eigenvalue weighted by molar-refractivity contribution is 7.80. The van der Waals surface area contributed by atoms with Gasteiger partial charge in [-0.1, -0.05) is 0 Å². The van der Waals surface area contributed by atoms with E-state index in [1.807, 2.05) is 0 Å². The fraction of sp³-hybridized carbons (Fsp3) is 0.800. The molecule has 2 saturated heterocycles.